The first kappa shape index (κ1) is 20.4. The van der Waals surface area contributed by atoms with E-state index in [4.69, 9.17) is 4.74 Å². The maximum atomic E-state index is 11.0. The van der Waals surface area contributed by atoms with Crippen LogP contribution in [0.4, 0.5) is 25.2 Å². The Morgan fingerprint density at radius 1 is 1.18 bits per heavy atom. The minimum absolute atomic E-state index is 0.139. The Morgan fingerprint density at radius 2 is 1.68 bits per heavy atom. The molecule has 0 aromatic carbocycles. The first-order valence-electron chi connectivity index (χ1n) is 5.75. The third-order valence-electron chi connectivity index (χ3n) is 1.83. The molecular weight excluding hydrogens is 341 g/mol. The Hall–Kier alpha value is -1.64. The van der Waals surface area contributed by atoms with E-state index >= 15 is 0 Å². The summed E-state index contributed by atoms with van der Waals surface area (Å²) >= 11 is 0. The van der Waals surface area contributed by atoms with Gasteiger partial charge < -0.3 is 4.74 Å². The van der Waals surface area contributed by atoms with Gasteiger partial charge in [0, 0.05) is 0 Å². The number of nitrogens with zero attached hydrogens (tertiary/aromatic N) is 2. The normalized spacial score (nSPS) is 14.2. The van der Waals surface area contributed by atoms with Crippen molar-refractivity contribution in [3.05, 3.63) is 18.7 Å². The molecule has 1 heterocycles. The summed E-state index contributed by atoms with van der Waals surface area (Å²) in [4.78, 5) is 21.6. The SMILES string of the molecule is CC(=O)CC(=O)OCCn1cc[n+](C)c1.F[P-](F)(F)(F)(F)F. The molecule has 1 aromatic heterocycles. The van der Waals surface area contributed by atoms with Gasteiger partial charge in [-0.05, 0) is 6.92 Å². The van der Waals surface area contributed by atoms with Crippen LogP contribution in [0.5, 0.6) is 0 Å². The van der Waals surface area contributed by atoms with Gasteiger partial charge in [-0.1, -0.05) is 0 Å². The van der Waals surface area contributed by atoms with Crippen molar-refractivity contribution in [3.63, 3.8) is 0 Å². The average molecular weight is 356 g/mol. The van der Waals surface area contributed by atoms with E-state index in [-0.39, 0.29) is 12.2 Å². The fourth-order valence-corrected chi connectivity index (χ4v) is 1.15. The van der Waals surface area contributed by atoms with Crippen LogP contribution in [0.25, 0.3) is 0 Å². The molecule has 130 valence electrons. The molecule has 0 N–H and O–H groups in total. The summed E-state index contributed by atoms with van der Waals surface area (Å²) in [6.07, 6.45) is 5.54. The molecule has 0 aliphatic heterocycles. The molecular formula is C10H15F6N2O3P. The molecule has 0 spiro atoms. The standard InChI is InChI=1S/C10H15N2O3.F6P/c1-9(13)7-10(14)15-6-5-12-4-3-11(2)8-12;1-7(2,3,4,5)6/h3-4,8H,5-7H2,1-2H3;/q+1;-1. The third-order valence-corrected chi connectivity index (χ3v) is 1.83. The van der Waals surface area contributed by atoms with Crippen molar-refractivity contribution in [1.29, 1.82) is 0 Å². The number of esters is 1. The molecule has 0 fully saturated rings. The van der Waals surface area contributed by atoms with Crippen LogP contribution in [0.15, 0.2) is 18.7 Å². The quantitative estimate of drug-likeness (QED) is 0.268. The minimum atomic E-state index is -10.7. The Kier molecular flexibility index (Phi) is 5.77. The fourth-order valence-electron chi connectivity index (χ4n) is 1.15. The van der Waals surface area contributed by atoms with Gasteiger partial charge in [-0.3, -0.25) is 9.59 Å². The summed E-state index contributed by atoms with van der Waals surface area (Å²) in [5, 5.41) is 0. The van der Waals surface area contributed by atoms with Gasteiger partial charge >= 0.3 is 39.0 Å². The van der Waals surface area contributed by atoms with Crippen molar-refractivity contribution >= 4 is 19.6 Å². The molecule has 5 nitrogen and oxygen atoms in total. The number of aryl methyl sites for hydroxylation is 1. The molecule has 0 bridgehead atoms. The Labute approximate surface area is 121 Å². The number of rotatable bonds is 5. The van der Waals surface area contributed by atoms with Gasteiger partial charge in [0.2, 0.25) is 6.33 Å². The van der Waals surface area contributed by atoms with Crippen molar-refractivity contribution in [2.75, 3.05) is 6.61 Å². The van der Waals surface area contributed by atoms with E-state index in [9.17, 15) is 34.8 Å². The fraction of sp³-hybridized carbons (Fsp3) is 0.500. The Morgan fingerprint density at radius 3 is 2.05 bits per heavy atom. The van der Waals surface area contributed by atoms with E-state index in [1.807, 2.05) is 34.9 Å². The molecule has 1 rings (SSSR count). The zero-order valence-electron chi connectivity index (χ0n) is 11.7. The van der Waals surface area contributed by atoms with Crippen molar-refractivity contribution in [3.8, 4) is 0 Å². The summed E-state index contributed by atoms with van der Waals surface area (Å²) in [5.74, 6) is -0.633. The number of ether oxygens (including phenoxy) is 1. The molecule has 0 atom stereocenters. The van der Waals surface area contributed by atoms with Gasteiger partial charge in [-0.2, -0.15) is 0 Å². The van der Waals surface area contributed by atoms with Gasteiger partial charge in [0.05, 0.1) is 7.05 Å². The molecule has 12 heteroatoms. The average Bonchev–Trinajstić information content (AvgIpc) is 2.58. The van der Waals surface area contributed by atoms with E-state index < -0.39 is 13.8 Å². The summed E-state index contributed by atoms with van der Waals surface area (Å²) < 4.78 is 67.9. The van der Waals surface area contributed by atoms with Gasteiger partial charge in [0.25, 0.3) is 0 Å². The predicted molar refractivity (Wildman–Crippen MR) is 65.4 cm³/mol. The number of aromatic nitrogens is 2. The second-order valence-electron chi connectivity index (χ2n) is 4.37. The van der Waals surface area contributed by atoms with Crippen molar-refractivity contribution in [2.45, 2.75) is 19.9 Å². The van der Waals surface area contributed by atoms with Crippen molar-refractivity contribution < 1.29 is 44.1 Å². The molecule has 0 radical (unpaired) electrons. The molecule has 0 unspecified atom stereocenters. The Bertz CT molecular complexity index is 528. The first-order chi connectivity index (χ1) is 9.52. The number of hydrogen-bond acceptors (Lipinski definition) is 3. The van der Waals surface area contributed by atoms with E-state index in [1.54, 1.807) is 0 Å². The molecule has 0 saturated carbocycles. The molecule has 0 saturated heterocycles. The zero-order chi connectivity index (χ0) is 17.7. The van der Waals surface area contributed by atoms with E-state index in [1.165, 1.54) is 6.92 Å². The van der Waals surface area contributed by atoms with Crippen LogP contribution in [-0.2, 0) is 27.9 Å². The number of hydrogen-bond donors (Lipinski definition) is 0. The van der Waals surface area contributed by atoms with Crippen LogP contribution in [0.1, 0.15) is 13.3 Å². The van der Waals surface area contributed by atoms with Crippen LogP contribution < -0.4 is 4.57 Å². The van der Waals surface area contributed by atoms with Gasteiger partial charge in [-0.15, -0.1) is 0 Å². The second kappa shape index (κ2) is 6.23. The van der Waals surface area contributed by atoms with Gasteiger partial charge in [0.15, 0.2) is 0 Å². The van der Waals surface area contributed by atoms with Crippen LogP contribution >= 0.6 is 7.81 Å². The van der Waals surface area contributed by atoms with Gasteiger partial charge in [0.1, 0.15) is 37.7 Å². The van der Waals surface area contributed by atoms with E-state index in [0.717, 1.165) is 0 Å². The molecule has 22 heavy (non-hydrogen) atoms. The number of carbonyl (C=O) groups excluding carboxylic acids is 2. The number of imidazole rings is 1. The number of Topliss-reactive ketones (excluding diaryl/α,β-unsaturated/α-hetero) is 1. The van der Waals surface area contributed by atoms with E-state index in [2.05, 4.69) is 0 Å². The van der Waals surface area contributed by atoms with Crippen LogP contribution in [0, 0.1) is 0 Å². The van der Waals surface area contributed by atoms with Crippen molar-refractivity contribution in [1.82, 2.24) is 4.57 Å². The van der Waals surface area contributed by atoms with Crippen molar-refractivity contribution in [2.24, 2.45) is 7.05 Å². The first-order valence-corrected chi connectivity index (χ1v) is 7.78. The molecule has 0 aliphatic carbocycles. The zero-order valence-corrected chi connectivity index (χ0v) is 12.6. The summed E-state index contributed by atoms with van der Waals surface area (Å²) in [6, 6.07) is 0. The molecule has 1 aromatic rings. The van der Waals surface area contributed by atoms with Crippen LogP contribution in [0.2, 0.25) is 0 Å². The summed E-state index contributed by atoms with van der Waals surface area (Å²) in [7, 11) is -8.74. The van der Waals surface area contributed by atoms with Crippen LogP contribution in [-0.4, -0.2) is 22.9 Å². The Balaban J connectivity index is 0.000000534. The third kappa shape index (κ3) is 18.4. The van der Waals surface area contributed by atoms with E-state index in [0.29, 0.717) is 13.2 Å². The van der Waals surface area contributed by atoms with Crippen LogP contribution in [0.3, 0.4) is 0 Å². The monoisotopic (exact) mass is 356 g/mol. The topological polar surface area (TPSA) is 52.2 Å². The second-order valence-corrected chi connectivity index (χ2v) is 6.29. The predicted octanol–water partition coefficient (Wildman–Crippen LogP) is 3.22. The van der Waals surface area contributed by atoms with Gasteiger partial charge in [-0.25, -0.2) is 9.13 Å². The number of carbonyl (C=O) groups is 2. The summed E-state index contributed by atoms with van der Waals surface area (Å²) in [5.41, 5.74) is 0. The summed E-state index contributed by atoms with van der Waals surface area (Å²) in [6.45, 7) is 2.26. The molecule has 0 amide bonds. The number of ketones is 1. The number of halogens is 6. The maximum absolute atomic E-state index is 11.0. The molecule has 0 aliphatic rings.